The SMILES string of the molecule is CCCCN(Cc1cncc(-c2ccccc2O)c1)CC1COc2ccccc2O1. The highest BCUT2D eigenvalue weighted by molar-refractivity contribution is 5.69. The minimum atomic E-state index is -0.00827. The number of pyridine rings is 1. The van der Waals surface area contributed by atoms with Crippen LogP contribution in [0.3, 0.4) is 0 Å². The van der Waals surface area contributed by atoms with Crippen molar-refractivity contribution >= 4 is 0 Å². The maximum absolute atomic E-state index is 10.2. The van der Waals surface area contributed by atoms with Crippen LogP contribution in [0.15, 0.2) is 67.0 Å². The van der Waals surface area contributed by atoms with Crippen molar-refractivity contribution in [2.45, 2.75) is 32.4 Å². The molecule has 30 heavy (non-hydrogen) atoms. The van der Waals surface area contributed by atoms with Crippen LogP contribution in [0.5, 0.6) is 17.2 Å². The zero-order valence-corrected chi connectivity index (χ0v) is 17.3. The van der Waals surface area contributed by atoms with Gasteiger partial charge in [0.25, 0.3) is 0 Å². The van der Waals surface area contributed by atoms with Crippen molar-refractivity contribution in [1.29, 1.82) is 0 Å². The molecule has 0 fully saturated rings. The first-order valence-electron chi connectivity index (χ1n) is 10.6. The van der Waals surface area contributed by atoms with E-state index < -0.39 is 0 Å². The number of nitrogens with zero attached hydrogens (tertiary/aromatic N) is 2. The molecule has 0 saturated carbocycles. The van der Waals surface area contributed by atoms with Gasteiger partial charge in [0.2, 0.25) is 0 Å². The molecule has 1 N–H and O–H groups in total. The van der Waals surface area contributed by atoms with Gasteiger partial charge in [0.1, 0.15) is 18.5 Å². The van der Waals surface area contributed by atoms with Crippen LogP contribution in [0.1, 0.15) is 25.3 Å². The second-order valence-electron chi connectivity index (χ2n) is 7.69. The van der Waals surface area contributed by atoms with Gasteiger partial charge in [0.05, 0.1) is 0 Å². The quantitative estimate of drug-likeness (QED) is 0.579. The Hall–Kier alpha value is -3.05. The van der Waals surface area contributed by atoms with Crippen LogP contribution in [-0.2, 0) is 6.54 Å². The van der Waals surface area contributed by atoms with Gasteiger partial charge in [-0.25, -0.2) is 0 Å². The minimum Gasteiger partial charge on any atom is -0.507 e. The number of benzene rings is 2. The van der Waals surface area contributed by atoms with Gasteiger partial charge < -0.3 is 14.6 Å². The van der Waals surface area contributed by atoms with E-state index in [4.69, 9.17) is 9.47 Å². The molecule has 5 heteroatoms. The number of unbranched alkanes of at least 4 members (excludes halogenated alkanes) is 1. The third-order valence-corrected chi connectivity index (χ3v) is 5.27. The van der Waals surface area contributed by atoms with E-state index in [0.717, 1.165) is 60.7 Å². The number of aromatic hydroxyl groups is 1. The fourth-order valence-corrected chi connectivity index (χ4v) is 3.75. The Balaban J connectivity index is 1.47. The minimum absolute atomic E-state index is 0.00827. The third-order valence-electron chi connectivity index (χ3n) is 5.27. The van der Waals surface area contributed by atoms with Crippen LogP contribution >= 0.6 is 0 Å². The van der Waals surface area contributed by atoms with Gasteiger partial charge in [-0.2, -0.15) is 0 Å². The van der Waals surface area contributed by atoms with Gasteiger partial charge in [0, 0.05) is 36.6 Å². The molecule has 5 nitrogen and oxygen atoms in total. The average molecular weight is 405 g/mol. The molecule has 0 radical (unpaired) electrons. The van der Waals surface area contributed by atoms with E-state index in [1.165, 1.54) is 0 Å². The van der Waals surface area contributed by atoms with Crippen LogP contribution in [0, 0.1) is 0 Å². The third kappa shape index (κ3) is 4.92. The van der Waals surface area contributed by atoms with E-state index in [-0.39, 0.29) is 11.9 Å². The molecular formula is C25H28N2O3. The Morgan fingerprint density at radius 3 is 2.70 bits per heavy atom. The number of ether oxygens (including phenoxy) is 2. The number of phenolic OH excluding ortho intramolecular Hbond substituents is 1. The van der Waals surface area contributed by atoms with E-state index in [1.54, 1.807) is 12.3 Å². The van der Waals surface area contributed by atoms with E-state index in [2.05, 4.69) is 22.9 Å². The number of fused-ring (bicyclic) bond motifs is 1. The number of phenols is 1. The molecule has 0 spiro atoms. The van der Waals surface area contributed by atoms with E-state index >= 15 is 0 Å². The summed E-state index contributed by atoms with van der Waals surface area (Å²) in [6, 6.07) is 17.3. The highest BCUT2D eigenvalue weighted by Gasteiger charge is 2.23. The molecule has 156 valence electrons. The Bertz CT molecular complexity index is 976. The number of hydrogen-bond donors (Lipinski definition) is 1. The molecule has 0 aliphatic carbocycles. The predicted molar refractivity (Wildman–Crippen MR) is 118 cm³/mol. The Morgan fingerprint density at radius 1 is 1.07 bits per heavy atom. The number of para-hydroxylation sites is 3. The normalized spacial score (nSPS) is 15.3. The van der Waals surface area contributed by atoms with Crippen LogP contribution in [0.25, 0.3) is 11.1 Å². The summed E-state index contributed by atoms with van der Waals surface area (Å²) < 4.78 is 12.1. The average Bonchev–Trinajstić information content (AvgIpc) is 2.78. The van der Waals surface area contributed by atoms with Gasteiger partial charge in [0.15, 0.2) is 11.5 Å². The Labute approximate surface area is 177 Å². The maximum atomic E-state index is 10.2. The van der Waals surface area contributed by atoms with Crippen molar-refractivity contribution in [2.24, 2.45) is 0 Å². The van der Waals surface area contributed by atoms with Crippen molar-refractivity contribution in [3.8, 4) is 28.4 Å². The molecule has 1 atom stereocenters. The van der Waals surface area contributed by atoms with Gasteiger partial charge in [-0.15, -0.1) is 0 Å². The van der Waals surface area contributed by atoms with Crippen molar-refractivity contribution in [1.82, 2.24) is 9.88 Å². The summed E-state index contributed by atoms with van der Waals surface area (Å²) in [4.78, 5) is 6.82. The van der Waals surface area contributed by atoms with Gasteiger partial charge in [-0.1, -0.05) is 43.7 Å². The molecule has 0 bridgehead atoms. The zero-order valence-electron chi connectivity index (χ0n) is 17.3. The lowest BCUT2D eigenvalue weighted by Gasteiger charge is -2.31. The lowest BCUT2D eigenvalue weighted by Crippen LogP contribution is -2.41. The fourth-order valence-electron chi connectivity index (χ4n) is 3.75. The van der Waals surface area contributed by atoms with Crippen LogP contribution in [-0.4, -0.2) is 40.8 Å². The molecule has 1 aromatic heterocycles. The molecule has 2 aromatic carbocycles. The summed E-state index contributed by atoms with van der Waals surface area (Å²) in [5.41, 5.74) is 2.84. The lowest BCUT2D eigenvalue weighted by atomic mass is 10.0. The molecular weight excluding hydrogens is 376 g/mol. The van der Waals surface area contributed by atoms with Crippen LogP contribution in [0.4, 0.5) is 0 Å². The molecule has 0 amide bonds. The second kappa shape index (κ2) is 9.63. The molecule has 2 heterocycles. The zero-order chi connectivity index (χ0) is 20.8. The highest BCUT2D eigenvalue weighted by atomic mass is 16.6. The first-order valence-corrected chi connectivity index (χ1v) is 10.6. The van der Waals surface area contributed by atoms with Crippen LogP contribution in [0.2, 0.25) is 0 Å². The Morgan fingerprint density at radius 2 is 1.87 bits per heavy atom. The van der Waals surface area contributed by atoms with E-state index in [9.17, 15) is 5.11 Å². The van der Waals surface area contributed by atoms with Gasteiger partial charge in [-0.3, -0.25) is 9.88 Å². The summed E-state index contributed by atoms with van der Waals surface area (Å²) in [6.07, 6.45) is 5.94. The Kier molecular flexibility index (Phi) is 6.50. The van der Waals surface area contributed by atoms with Crippen molar-refractivity contribution in [3.63, 3.8) is 0 Å². The van der Waals surface area contributed by atoms with Crippen molar-refractivity contribution < 1.29 is 14.6 Å². The highest BCUT2D eigenvalue weighted by Crippen LogP contribution is 2.31. The largest absolute Gasteiger partial charge is 0.507 e. The topological polar surface area (TPSA) is 54.8 Å². The summed E-state index contributed by atoms with van der Waals surface area (Å²) >= 11 is 0. The molecule has 3 aromatic rings. The molecule has 0 saturated heterocycles. The fraction of sp³-hybridized carbons (Fsp3) is 0.320. The first-order chi connectivity index (χ1) is 14.7. The smallest absolute Gasteiger partial charge is 0.161 e. The van der Waals surface area contributed by atoms with Crippen LogP contribution < -0.4 is 9.47 Å². The maximum Gasteiger partial charge on any atom is 0.161 e. The number of rotatable bonds is 8. The summed E-state index contributed by atoms with van der Waals surface area (Å²) in [5.74, 6) is 1.89. The first kappa shape index (κ1) is 20.2. The molecule has 1 aliphatic heterocycles. The monoisotopic (exact) mass is 404 g/mol. The second-order valence-corrected chi connectivity index (χ2v) is 7.69. The van der Waals surface area contributed by atoms with Crippen molar-refractivity contribution in [2.75, 3.05) is 19.7 Å². The molecule has 1 unspecified atom stereocenters. The summed E-state index contributed by atoms with van der Waals surface area (Å²) in [5, 5.41) is 10.2. The molecule has 1 aliphatic rings. The standard InChI is InChI=1S/C25H28N2O3/c1-2-3-12-27(17-21-18-29-24-10-6-7-11-25(24)30-21)16-19-13-20(15-26-14-19)22-8-4-5-9-23(22)28/h4-11,13-15,21,28H,2-3,12,16-18H2,1H3. The van der Waals surface area contributed by atoms with Gasteiger partial charge >= 0.3 is 0 Å². The predicted octanol–water partition coefficient (Wildman–Crippen LogP) is 4.90. The summed E-state index contributed by atoms with van der Waals surface area (Å²) in [6.45, 7) is 5.30. The summed E-state index contributed by atoms with van der Waals surface area (Å²) in [7, 11) is 0. The number of aromatic nitrogens is 1. The van der Waals surface area contributed by atoms with E-state index in [0.29, 0.717) is 6.61 Å². The van der Waals surface area contributed by atoms with E-state index in [1.807, 2.05) is 48.7 Å². The number of hydrogen-bond acceptors (Lipinski definition) is 5. The lowest BCUT2D eigenvalue weighted by molar-refractivity contribution is 0.0560. The molecule has 4 rings (SSSR count). The van der Waals surface area contributed by atoms with Crippen molar-refractivity contribution in [3.05, 3.63) is 72.6 Å². The van der Waals surface area contributed by atoms with Gasteiger partial charge in [-0.05, 0) is 42.8 Å².